The SMILES string of the molecule is CCC1C(c2ccc(-n3c4cc5ccccc5cc4c4ccc5c(c43)C(C)c3c-5ccc4ccccc34)cc2)=CC(c2ccccc2)=NC1c1ccccc1. The standard InChI is InChI=1S/C53H40N2/c1-3-41-46(32-48(36-15-6-4-7-16-36)54-52(41)37-17-8-5-9-18-37)35-22-25-40(26-23-35)55-49-31-39-20-11-10-19-38(39)30-47(49)45-29-28-44-43-27-24-34-14-12-13-21-42(34)50(43)33(2)51(44)53(45)55/h4-33,41,52H,3H2,1-2H3. The van der Waals surface area contributed by atoms with Crippen LogP contribution < -0.4 is 0 Å². The lowest BCUT2D eigenvalue weighted by atomic mass is 9.79. The molecule has 0 saturated carbocycles. The largest absolute Gasteiger partial charge is 0.309 e. The predicted octanol–water partition coefficient (Wildman–Crippen LogP) is 13.9. The van der Waals surface area contributed by atoms with E-state index in [1.54, 1.807) is 0 Å². The van der Waals surface area contributed by atoms with E-state index in [9.17, 15) is 0 Å². The molecular formula is C53H40N2. The fourth-order valence-corrected chi connectivity index (χ4v) is 9.87. The Labute approximate surface area is 321 Å². The molecule has 262 valence electrons. The minimum Gasteiger partial charge on any atom is -0.309 e. The van der Waals surface area contributed by atoms with Crippen LogP contribution in [0, 0.1) is 5.92 Å². The minimum absolute atomic E-state index is 0.0495. The molecule has 11 rings (SSSR count). The molecule has 3 unspecified atom stereocenters. The van der Waals surface area contributed by atoms with Crippen LogP contribution in [0.2, 0.25) is 0 Å². The van der Waals surface area contributed by atoms with Gasteiger partial charge in [-0.2, -0.15) is 0 Å². The second-order valence-corrected chi connectivity index (χ2v) is 15.3. The van der Waals surface area contributed by atoms with Crippen molar-refractivity contribution in [1.82, 2.24) is 4.57 Å². The molecule has 0 spiro atoms. The summed E-state index contributed by atoms with van der Waals surface area (Å²) in [6, 6.07) is 62.8. The molecule has 1 aliphatic heterocycles. The first-order valence-electron chi connectivity index (χ1n) is 19.7. The van der Waals surface area contributed by atoms with Gasteiger partial charge in [-0.3, -0.25) is 4.99 Å². The quantitative estimate of drug-likeness (QED) is 0.170. The molecule has 0 saturated heterocycles. The van der Waals surface area contributed by atoms with Gasteiger partial charge in [0, 0.05) is 28.3 Å². The molecule has 2 aliphatic rings. The van der Waals surface area contributed by atoms with Crippen LogP contribution in [0.25, 0.3) is 65.7 Å². The van der Waals surface area contributed by atoms with Gasteiger partial charge in [0.25, 0.3) is 0 Å². The molecule has 0 bridgehead atoms. The Morgan fingerprint density at radius 1 is 0.545 bits per heavy atom. The molecule has 9 aromatic rings. The average molecular weight is 705 g/mol. The minimum atomic E-state index is 0.0495. The highest BCUT2D eigenvalue weighted by molar-refractivity contribution is 6.17. The number of rotatable bonds is 5. The number of hydrogen-bond acceptors (Lipinski definition) is 1. The maximum absolute atomic E-state index is 5.41. The van der Waals surface area contributed by atoms with Crippen molar-refractivity contribution in [3.05, 3.63) is 204 Å². The Kier molecular flexibility index (Phi) is 7.29. The Morgan fingerprint density at radius 2 is 1.20 bits per heavy atom. The van der Waals surface area contributed by atoms with E-state index < -0.39 is 0 Å². The van der Waals surface area contributed by atoms with Gasteiger partial charge in [-0.25, -0.2) is 0 Å². The normalized spacial score (nSPS) is 17.7. The number of nitrogens with zero attached hydrogens (tertiary/aromatic N) is 2. The third kappa shape index (κ3) is 4.91. The number of fused-ring (bicyclic) bond motifs is 10. The number of allylic oxidation sites excluding steroid dienone is 1. The first kappa shape index (κ1) is 32.0. The highest BCUT2D eigenvalue weighted by Crippen LogP contribution is 2.52. The summed E-state index contributed by atoms with van der Waals surface area (Å²) in [5.41, 5.74) is 15.4. The average Bonchev–Trinajstić information content (AvgIpc) is 3.73. The molecule has 0 amide bonds. The molecule has 1 aliphatic carbocycles. The second kappa shape index (κ2) is 12.5. The summed E-state index contributed by atoms with van der Waals surface area (Å²) in [4.78, 5) is 5.41. The van der Waals surface area contributed by atoms with Crippen LogP contribution in [0.1, 0.15) is 60.0 Å². The Bertz CT molecular complexity index is 3020. The van der Waals surface area contributed by atoms with Crippen molar-refractivity contribution in [2.24, 2.45) is 10.9 Å². The number of benzene rings is 8. The molecule has 2 heterocycles. The van der Waals surface area contributed by atoms with Crippen molar-refractivity contribution < 1.29 is 0 Å². The van der Waals surface area contributed by atoms with Gasteiger partial charge in [-0.15, -0.1) is 0 Å². The zero-order chi connectivity index (χ0) is 36.6. The van der Waals surface area contributed by atoms with Crippen molar-refractivity contribution in [3.63, 3.8) is 0 Å². The Morgan fingerprint density at radius 3 is 1.96 bits per heavy atom. The first-order chi connectivity index (χ1) is 27.2. The Balaban J connectivity index is 1.11. The molecule has 0 N–H and O–H groups in total. The van der Waals surface area contributed by atoms with E-state index in [0.717, 1.165) is 17.7 Å². The topological polar surface area (TPSA) is 17.3 Å². The summed E-state index contributed by atoms with van der Waals surface area (Å²) < 4.78 is 2.56. The van der Waals surface area contributed by atoms with E-state index >= 15 is 0 Å². The molecule has 0 fully saturated rings. The van der Waals surface area contributed by atoms with Crippen molar-refractivity contribution in [2.75, 3.05) is 0 Å². The summed E-state index contributed by atoms with van der Waals surface area (Å²) >= 11 is 0. The third-order valence-corrected chi connectivity index (χ3v) is 12.4. The predicted molar refractivity (Wildman–Crippen MR) is 233 cm³/mol. The zero-order valence-corrected chi connectivity index (χ0v) is 31.1. The lowest BCUT2D eigenvalue weighted by Gasteiger charge is -2.31. The van der Waals surface area contributed by atoms with Crippen LogP contribution in [-0.2, 0) is 0 Å². The van der Waals surface area contributed by atoms with E-state index in [1.807, 2.05) is 0 Å². The van der Waals surface area contributed by atoms with Crippen LogP contribution in [-0.4, -0.2) is 10.3 Å². The van der Waals surface area contributed by atoms with Crippen molar-refractivity contribution in [3.8, 4) is 16.8 Å². The number of aliphatic imine (C=N–C) groups is 1. The summed E-state index contributed by atoms with van der Waals surface area (Å²) in [6.07, 6.45) is 3.35. The number of dihydropyridines is 1. The zero-order valence-electron chi connectivity index (χ0n) is 31.1. The molecule has 8 aromatic carbocycles. The van der Waals surface area contributed by atoms with Crippen LogP contribution in [0.5, 0.6) is 0 Å². The van der Waals surface area contributed by atoms with Gasteiger partial charge in [0.15, 0.2) is 0 Å². The van der Waals surface area contributed by atoms with Crippen LogP contribution >= 0.6 is 0 Å². The van der Waals surface area contributed by atoms with Gasteiger partial charge in [0.1, 0.15) is 0 Å². The van der Waals surface area contributed by atoms with E-state index in [4.69, 9.17) is 4.99 Å². The van der Waals surface area contributed by atoms with E-state index in [1.165, 1.54) is 88.0 Å². The second-order valence-electron chi connectivity index (χ2n) is 15.3. The van der Waals surface area contributed by atoms with Crippen LogP contribution in [0.4, 0.5) is 0 Å². The monoisotopic (exact) mass is 704 g/mol. The maximum Gasteiger partial charge on any atom is 0.0825 e. The van der Waals surface area contributed by atoms with Gasteiger partial charge in [-0.05, 0) is 103 Å². The fourth-order valence-electron chi connectivity index (χ4n) is 9.87. The highest BCUT2D eigenvalue weighted by Gasteiger charge is 2.33. The number of aromatic nitrogens is 1. The third-order valence-electron chi connectivity index (χ3n) is 12.4. The smallest absolute Gasteiger partial charge is 0.0825 e. The molecule has 3 atom stereocenters. The molecule has 0 radical (unpaired) electrons. The van der Waals surface area contributed by atoms with Crippen LogP contribution in [0.15, 0.2) is 181 Å². The molecule has 2 heteroatoms. The maximum atomic E-state index is 5.41. The summed E-state index contributed by atoms with van der Waals surface area (Å²) in [5, 5.41) is 7.79. The van der Waals surface area contributed by atoms with Crippen molar-refractivity contribution >= 4 is 54.6 Å². The van der Waals surface area contributed by atoms with Gasteiger partial charge in [-0.1, -0.05) is 159 Å². The highest BCUT2D eigenvalue weighted by atomic mass is 15.0. The lowest BCUT2D eigenvalue weighted by Crippen LogP contribution is -2.20. The van der Waals surface area contributed by atoms with E-state index in [-0.39, 0.29) is 17.9 Å². The molecule has 1 aromatic heterocycles. The van der Waals surface area contributed by atoms with Crippen molar-refractivity contribution in [2.45, 2.75) is 32.2 Å². The first-order valence-corrected chi connectivity index (χ1v) is 19.7. The van der Waals surface area contributed by atoms with Gasteiger partial charge in [0.2, 0.25) is 0 Å². The molecular weight excluding hydrogens is 665 g/mol. The number of hydrogen-bond donors (Lipinski definition) is 0. The van der Waals surface area contributed by atoms with E-state index in [2.05, 4.69) is 194 Å². The van der Waals surface area contributed by atoms with Crippen LogP contribution in [0.3, 0.4) is 0 Å². The molecule has 55 heavy (non-hydrogen) atoms. The molecule has 2 nitrogen and oxygen atoms in total. The van der Waals surface area contributed by atoms with Gasteiger partial charge < -0.3 is 4.57 Å². The van der Waals surface area contributed by atoms with E-state index in [0.29, 0.717) is 0 Å². The van der Waals surface area contributed by atoms with Crippen molar-refractivity contribution in [1.29, 1.82) is 0 Å². The van der Waals surface area contributed by atoms with Gasteiger partial charge >= 0.3 is 0 Å². The lowest BCUT2D eigenvalue weighted by molar-refractivity contribution is 0.519. The summed E-state index contributed by atoms with van der Waals surface area (Å²) in [7, 11) is 0. The fraction of sp³-hybridized carbons (Fsp3) is 0.113. The Hall–Kier alpha value is -6.51. The summed E-state index contributed by atoms with van der Waals surface area (Å²) in [6.45, 7) is 4.71. The van der Waals surface area contributed by atoms with Gasteiger partial charge in [0.05, 0.1) is 22.8 Å². The summed E-state index contributed by atoms with van der Waals surface area (Å²) in [5.74, 6) is 0.512.